The van der Waals surface area contributed by atoms with E-state index >= 15 is 0 Å². The number of rotatable bonds is 5. The molecule has 134 valence electrons. The monoisotopic (exact) mass is 365 g/mol. The molecule has 0 N–H and O–H groups in total. The highest BCUT2D eigenvalue weighted by molar-refractivity contribution is 8.15. The number of aryl methyl sites for hydroxylation is 2. The summed E-state index contributed by atoms with van der Waals surface area (Å²) in [5.74, 6) is 0.113. The molecule has 1 heterocycles. The number of benzene rings is 2. The Hall–Kier alpha value is -2.40. The Labute approximate surface area is 159 Å². The fraction of sp³-hybridized carbons (Fsp3) is 0.286. The molecule has 26 heavy (non-hydrogen) atoms. The van der Waals surface area contributed by atoms with Crippen molar-refractivity contribution in [2.75, 3.05) is 0 Å². The first kappa shape index (κ1) is 18.4. The minimum atomic E-state index is -0.0752. The van der Waals surface area contributed by atoms with Crippen LogP contribution in [0.15, 0.2) is 58.7 Å². The summed E-state index contributed by atoms with van der Waals surface area (Å²) in [6.07, 6.45) is 2.54. The highest BCUT2D eigenvalue weighted by Gasteiger charge is 2.36. The molecule has 2 aromatic carbocycles. The van der Waals surface area contributed by atoms with Gasteiger partial charge in [-0.25, -0.2) is 0 Å². The van der Waals surface area contributed by atoms with E-state index in [9.17, 15) is 4.79 Å². The lowest BCUT2D eigenvalue weighted by molar-refractivity contribution is -0.126. The molecule has 0 saturated carbocycles. The van der Waals surface area contributed by atoms with Crippen LogP contribution in [0.2, 0.25) is 0 Å². The molecule has 0 aliphatic carbocycles. The van der Waals surface area contributed by atoms with E-state index in [-0.39, 0.29) is 11.2 Å². The summed E-state index contributed by atoms with van der Waals surface area (Å²) in [5.41, 5.74) is 4.51. The van der Waals surface area contributed by atoms with Crippen LogP contribution in [0, 0.1) is 13.8 Å². The largest absolute Gasteiger partial charge is 0.284 e. The van der Waals surface area contributed by atoms with Gasteiger partial charge in [-0.15, -0.1) is 5.10 Å². The van der Waals surface area contributed by atoms with Crippen molar-refractivity contribution in [1.29, 1.82) is 0 Å². The van der Waals surface area contributed by atoms with Gasteiger partial charge in [-0.1, -0.05) is 72.8 Å². The van der Waals surface area contributed by atoms with E-state index in [2.05, 4.69) is 36.2 Å². The molecule has 0 aromatic heterocycles. The predicted molar refractivity (Wildman–Crippen MR) is 110 cm³/mol. The number of hydrogen-bond donors (Lipinski definition) is 0. The normalized spacial score (nSPS) is 19.0. The van der Waals surface area contributed by atoms with Crippen molar-refractivity contribution in [2.45, 2.75) is 39.0 Å². The van der Waals surface area contributed by atoms with Crippen molar-refractivity contribution in [3.05, 3.63) is 70.8 Å². The molecule has 1 aliphatic rings. The van der Waals surface area contributed by atoms with Crippen LogP contribution in [0.25, 0.3) is 0 Å². The molecule has 2 aromatic rings. The van der Waals surface area contributed by atoms with E-state index in [1.165, 1.54) is 17.3 Å². The van der Waals surface area contributed by atoms with Crippen molar-refractivity contribution in [1.82, 2.24) is 4.90 Å². The van der Waals surface area contributed by atoms with Gasteiger partial charge in [-0.05, 0) is 37.0 Å². The van der Waals surface area contributed by atoms with Crippen LogP contribution in [0.5, 0.6) is 0 Å². The highest BCUT2D eigenvalue weighted by atomic mass is 32.2. The minimum Gasteiger partial charge on any atom is -0.284 e. The standard InChI is InChI=1S/C21H23N3OS/c1-4-19-20(25)24(14-17-8-6-5-7-9-17)21(26-19)23-22-13-18-11-10-15(2)12-16(18)3/h5-13,19H,4,14H2,1-3H3/b22-13-,23-21-/t19-/m1/s1. The summed E-state index contributed by atoms with van der Waals surface area (Å²) in [6.45, 7) is 6.69. The van der Waals surface area contributed by atoms with Crippen LogP contribution >= 0.6 is 11.8 Å². The van der Waals surface area contributed by atoms with E-state index in [0.29, 0.717) is 11.7 Å². The molecular weight excluding hydrogens is 342 g/mol. The summed E-state index contributed by atoms with van der Waals surface area (Å²) >= 11 is 1.50. The quantitative estimate of drug-likeness (QED) is 0.576. The Morgan fingerprint density at radius 1 is 1.15 bits per heavy atom. The van der Waals surface area contributed by atoms with Crippen molar-refractivity contribution < 1.29 is 4.79 Å². The third-order valence-electron chi connectivity index (χ3n) is 4.34. The molecular formula is C21H23N3OS. The number of amidine groups is 1. The van der Waals surface area contributed by atoms with E-state index in [0.717, 1.165) is 23.1 Å². The molecule has 0 spiro atoms. The zero-order chi connectivity index (χ0) is 18.5. The van der Waals surface area contributed by atoms with Gasteiger partial charge in [0.25, 0.3) is 0 Å². The second kappa shape index (κ2) is 8.32. The van der Waals surface area contributed by atoms with Crippen LogP contribution in [-0.2, 0) is 11.3 Å². The van der Waals surface area contributed by atoms with Crippen molar-refractivity contribution in [3.8, 4) is 0 Å². The molecule has 1 saturated heterocycles. The minimum absolute atomic E-state index is 0.0752. The molecule has 3 rings (SSSR count). The first-order chi connectivity index (χ1) is 12.6. The number of amides is 1. The maximum Gasteiger partial charge on any atom is 0.242 e. The van der Waals surface area contributed by atoms with Crippen LogP contribution in [-0.4, -0.2) is 27.4 Å². The van der Waals surface area contributed by atoms with Crippen LogP contribution < -0.4 is 0 Å². The van der Waals surface area contributed by atoms with Crippen LogP contribution in [0.3, 0.4) is 0 Å². The zero-order valence-corrected chi connectivity index (χ0v) is 16.2. The molecule has 0 unspecified atom stereocenters. The van der Waals surface area contributed by atoms with Gasteiger partial charge < -0.3 is 0 Å². The van der Waals surface area contributed by atoms with Gasteiger partial charge >= 0.3 is 0 Å². The maximum absolute atomic E-state index is 12.6. The Morgan fingerprint density at radius 3 is 2.62 bits per heavy atom. The Balaban J connectivity index is 1.81. The number of carbonyl (C=O) groups is 1. The average molecular weight is 366 g/mol. The first-order valence-corrected chi connectivity index (χ1v) is 9.66. The molecule has 1 atom stereocenters. The highest BCUT2D eigenvalue weighted by Crippen LogP contribution is 2.30. The number of thioether (sulfide) groups is 1. The predicted octanol–water partition coefficient (Wildman–Crippen LogP) is 4.55. The smallest absolute Gasteiger partial charge is 0.242 e. The lowest BCUT2D eigenvalue weighted by atomic mass is 10.1. The van der Waals surface area contributed by atoms with E-state index in [1.54, 1.807) is 11.1 Å². The second-order valence-corrected chi connectivity index (χ2v) is 7.58. The van der Waals surface area contributed by atoms with Gasteiger partial charge in [-0.3, -0.25) is 9.69 Å². The van der Waals surface area contributed by atoms with Crippen LogP contribution in [0.1, 0.15) is 35.6 Å². The summed E-state index contributed by atoms with van der Waals surface area (Å²) in [4.78, 5) is 14.4. The van der Waals surface area contributed by atoms with E-state index < -0.39 is 0 Å². The summed E-state index contributed by atoms with van der Waals surface area (Å²) < 4.78 is 0. The number of nitrogens with zero attached hydrogens (tertiary/aromatic N) is 3. The Morgan fingerprint density at radius 2 is 1.92 bits per heavy atom. The van der Waals surface area contributed by atoms with Crippen LogP contribution in [0.4, 0.5) is 0 Å². The van der Waals surface area contributed by atoms with Crippen molar-refractivity contribution >= 4 is 29.1 Å². The Kier molecular flexibility index (Phi) is 5.89. The fourth-order valence-corrected chi connectivity index (χ4v) is 3.89. The molecule has 0 bridgehead atoms. The van der Waals surface area contributed by atoms with Crippen molar-refractivity contribution in [3.63, 3.8) is 0 Å². The summed E-state index contributed by atoms with van der Waals surface area (Å²) in [7, 11) is 0. The lowest BCUT2D eigenvalue weighted by Gasteiger charge is -2.15. The van der Waals surface area contributed by atoms with Gasteiger partial charge in [0, 0.05) is 0 Å². The van der Waals surface area contributed by atoms with E-state index in [1.807, 2.05) is 43.3 Å². The molecule has 0 radical (unpaired) electrons. The summed E-state index contributed by atoms with van der Waals surface area (Å²) in [5, 5.41) is 9.22. The topological polar surface area (TPSA) is 45.0 Å². The zero-order valence-electron chi connectivity index (χ0n) is 15.3. The third kappa shape index (κ3) is 4.22. The van der Waals surface area contributed by atoms with E-state index in [4.69, 9.17) is 0 Å². The van der Waals surface area contributed by atoms with Gasteiger partial charge in [-0.2, -0.15) is 5.10 Å². The first-order valence-electron chi connectivity index (χ1n) is 8.78. The van der Waals surface area contributed by atoms with Crippen molar-refractivity contribution in [2.24, 2.45) is 10.2 Å². The van der Waals surface area contributed by atoms with Gasteiger partial charge in [0.2, 0.25) is 5.91 Å². The number of hydrogen-bond acceptors (Lipinski definition) is 4. The SMILES string of the molecule is CC[C@H]1S/C(=N\N=C/c2ccc(C)cc2C)N(Cc2ccccc2)C1=O. The van der Waals surface area contributed by atoms with Gasteiger partial charge in [0.15, 0.2) is 5.17 Å². The third-order valence-corrected chi connectivity index (χ3v) is 5.67. The molecule has 4 nitrogen and oxygen atoms in total. The molecule has 1 aliphatic heterocycles. The lowest BCUT2D eigenvalue weighted by Crippen LogP contribution is -2.31. The molecule has 1 amide bonds. The molecule has 1 fully saturated rings. The molecule has 5 heteroatoms. The van der Waals surface area contributed by atoms with Gasteiger partial charge in [0.1, 0.15) is 0 Å². The average Bonchev–Trinajstić information content (AvgIpc) is 2.93. The second-order valence-electron chi connectivity index (χ2n) is 6.41. The summed E-state index contributed by atoms with van der Waals surface area (Å²) in [6, 6.07) is 16.2. The fourth-order valence-electron chi connectivity index (χ4n) is 2.87. The van der Waals surface area contributed by atoms with Gasteiger partial charge in [0.05, 0.1) is 18.0 Å². The Bertz CT molecular complexity index is 846. The number of carbonyl (C=O) groups excluding carboxylic acids is 1. The maximum atomic E-state index is 12.6.